The molecule has 8 atom stereocenters. The quantitative estimate of drug-likeness (QED) is 0.115. The van der Waals surface area contributed by atoms with Crippen molar-refractivity contribution in [3.63, 3.8) is 0 Å². The molecule has 2 heterocycles. The Morgan fingerprint density at radius 2 is 1.87 bits per heavy atom. The van der Waals surface area contributed by atoms with Crippen LogP contribution in [0.5, 0.6) is 0 Å². The Labute approximate surface area is 243 Å². The van der Waals surface area contributed by atoms with Crippen molar-refractivity contribution in [1.29, 1.82) is 0 Å². The third-order valence-corrected chi connectivity index (χ3v) is 13.3. The molecule has 0 aromatic heterocycles. The zero-order valence-electron chi connectivity index (χ0n) is 22.3. The van der Waals surface area contributed by atoms with Crippen LogP contribution < -0.4 is 0 Å². The third kappa shape index (κ3) is 7.32. The van der Waals surface area contributed by atoms with Crippen LogP contribution in [0.25, 0.3) is 0 Å². The SMILES string of the molecule is O=CC1CCC2SC(=CC3=[N+](CCCOS(=O)O)C4C(CCC5CCCCC54)S3)N(CCCS(=O)(=O)O)C2C1. The van der Waals surface area contributed by atoms with Gasteiger partial charge < -0.3 is 9.69 Å². The lowest BCUT2D eigenvalue weighted by Crippen LogP contribution is -2.46. The van der Waals surface area contributed by atoms with Gasteiger partial charge in [0.2, 0.25) is 5.04 Å². The van der Waals surface area contributed by atoms with Crippen molar-refractivity contribution in [3.05, 3.63) is 11.1 Å². The van der Waals surface area contributed by atoms with Gasteiger partial charge in [-0.15, -0.1) is 11.8 Å². The maximum Gasteiger partial charge on any atom is 0.301 e. The van der Waals surface area contributed by atoms with Crippen LogP contribution >= 0.6 is 23.5 Å². The molecule has 5 aliphatic rings. The summed E-state index contributed by atoms with van der Waals surface area (Å²) in [4.78, 5) is 13.9. The molecule has 2 aliphatic heterocycles. The molecule has 0 amide bonds. The highest BCUT2D eigenvalue weighted by Gasteiger charge is 2.52. The van der Waals surface area contributed by atoms with Gasteiger partial charge in [0.1, 0.15) is 12.8 Å². The molecule has 220 valence electrons. The van der Waals surface area contributed by atoms with Gasteiger partial charge in [0.25, 0.3) is 10.1 Å². The average molecular weight is 622 g/mol. The van der Waals surface area contributed by atoms with Gasteiger partial charge >= 0.3 is 11.4 Å². The van der Waals surface area contributed by atoms with E-state index >= 15 is 0 Å². The zero-order chi connectivity index (χ0) is 27.6. The molecule has 0 aromatic carbocycles. The van der Waals surface area contributed by atoms with E-state index in [1.165, 1.54) is 43.6 Å². The van der Waals surface area contributed by atoms with Crippen LogP contribution in [0.3, 0.4) is 0 Å². The summed E-state index contributed by atoms with van der Waals surface area (Å²) < 4.78 is 59.7. The van der Waals surface area contributed by atoms with Crippen molar-refractivity contribution in [1.82, 2.24) is 4.90 Å². The topological polar surface area (TPSA) is 124 Å². The maximum absolute atomic E-state index is 11.6. The summed E-state index contributed by atoms with van der Waals surface area (Å²) in [6.45, 7) is 1.52. The number of hydrogen-bond donors (Lipinski definition) is 2. The number of rotatable bonds is 11. The first kappa shape index (κ1) is 30.0. The number of nitrogens with zero attached hydrogens (tertiary/aromatic N) is 2. The fraction of sp³-hybridized carbons (Fsp3) is 0.846. The van der Waals surface area contributed by atoms with E-state index in [0.29, 0.717) is 41.8 Å². The Morgan fingerprint density at radius 3 is 2.64 bits per heavy atom. The predicted octanol–water partition coefficient (Wildman–Crippen LogP) is 3.93. The van der Waals surface area contributed by atoms with E-state index in [1.54, 1.807) is 0 Å². The molecule has 39 heavy (non-hydrogen) atoms. The largest absolute Gasteiger partial charge is 0.362 e. The van der Waals surface area contributed by atoms with Crippen molar-refractivity contribution in [2.45, 2.75) is 93.2 Å². The van der Waals surface area contributed by atoms with Gasteiger partial charge in [-0.2, -0.15) is 12.6 Å². The van der Waals surface area contributed by atoms with Crippen LogP contribution in [0.1, 0.15) is 70.6 Å². The molecular weight excluding hydrogens is 581 g/mol. The first-order chi connectivity index (χ1) is 18.7. The molecular formula is C26H41N2O7S4+. The van der Waals surface area contributed by atoms with Crippen LogP contribution in [0.4, 0.5) is 0 Å². The minimum Gasteiger partial charge on any atom is -0.362 e. The van der Waals surface area contributed by atoms with E-state index in [1.807, 2.05) is 23.5 Å². The molecule has 5 rings (SSSR count). The molecule has 0 bridgehead atoms. The number of carbonyl (C=O) groups excluding carboxylic acids is 1. The van der Waals surface area contributed by atoms with E-state index in [9.17, 15) is 22.0 Å². The van der Waals surface area contributed by atoms with Crippen LogP contribution in [-0.2, 0) is 30.5 Å². The number of fused-ring (bicyclic) bond motifs is 4. The highest BCUT2D eigenvalue weighted by atomic mass is 32.2. The van der Waals surface area contributed by atoms with Crippen LogP contribution in [0, 0.1) is 17.8 Å². The lowest BCUT2D eigenvalue weighted by molar-refractivity contribution is -0.573. The summed E-state index contributed by atoms with van der Waals surface area (Å²) in [7, 11) is -4.03. The molecule has 9 nitrogen and oxygen atoms in total. The van der Waals surface area contributed by atoms with Crippen molar-refractivity contribution in [2.75, 3.05) is 25.4 Å². The number of aldehydes is 1. The standard InChI is InChI=1S/C26H40N2O7S4/c29-17-18-7-9-22-21(15-18)27(12-4-14-39(32,33)34)24(36-22)16-25-28(11-3-13-35-38(30)31)26-20-6-2-1-5-19(20)8-10-23(26)37-25/h16-23,26H,1-15H2,(H-,30,31,32,33,34)/p+1. The van der Waals surface area contributed by atoms with Crippen LogP contribution in [0.2, 0.25) is 0 Å². The van der Waals surface area contributed by atoms with Crippen molar-refractivity contribution < 1.29 is 35.3 Å². The monoisotopic (exact) mass is 621 g/mol. The van der Waals surface area contributed by atoms with Crippen molar-refractivity contribution >= 4 is 56.3 Å². The Bertz CT molecular complexity index is 1100. The number of thioether (sulfide) groups is 2. The normalized spacial score (nSPS) is 36.5. The van der Waals surface area contributed by atoms with Gasteiger partial charge in [-0.3, -0.25) is 13.3 Å². The fourth-order valence-corrected chi connectivity index (χ4v) is 11.5. The van der Waals surface area contributed by atoms with Crippen molar-refractivity contribution in [3.8, 4) is 0 Å². The van der Waals surface area contributed by atoms with Crippen LogP contribution in [-0.4, -0.2) is 90.6 Å². The molecule has 1 saturated heterocycles. The molecule has 3 saturated carbocycles. The molecule has 13 heteroatoms. The predicted molar refractivity (Wildman–Crippen MR) is 156 cm³/mol. The molecule has 0 radical (unpaired) electrons. The average Bonchev–Trinajstić information content (AvgIpc) is 3.43. The Morgan fingerprint density at radius 1 is 1.08 bits per heavy atom. The molecule has 3 aliphatic carbocycles. The molecule has 2 N–H and O–H groups in total. The van der Waals surface area contributed by atoms with E-state index < -0.39 is 21.5 Å². The summed E-state index contributed by atoms with van der Waals surface area (Å²) in [6, 6.07) is 0.645. The van der Waals surface area contributed by atoms with E-state index in [2.05, 4.69) is 15.6 Å². The zero-order valence-corrected chi connectivity index (χ0v) is 25.5. The molecule has 0 aromatic rings. The fourth-order valence-electron chi connectivity index (χ4n) is 7.58. The molecule has 4 fully saturated rings. The smallest absolute Gasteiger partial charge is 0.301 e. The Hall–Kier alpha value is -0.440. The summed E-state index contributed by atoms with van der Waals surface area (Å²) in [5.41, 5.74) is 0. The second-order valence-corrected chi connectivity index (χ2v) is 16.4. The minimum atomic E-state index is -4.03. The summed E-state index contributed by atoms with van der Waals surface area (Å²) in [6.07, 6.45) is 14.7. The van der Waals surface area contributed by atoms with Crippen molar-refractivity contribution in [2.24, 2.45) is 17.8 Å². The lowest BCUT2D eigenvalue weighted by atomic mass is 9.68. The number of hydrogen-bond acceptors (Lipinski definition) is 8. The van der Waals surface area contributed by atoms with Gasteiger partial charge in [0.15, 0.2) is 6.04 Å². The Kier molecular flexibility index (Phi) is 10.2. The summed E-state index contributed by atoms with van der Waals surface area (Å²) >= 11 is 1.56. The van der Waals surface area contributed by atoms with E-state index in [0.717, 1.165) is 43.0 Å². The van der Waals surface area contributed by atoms with Gasteiger partial charge in [-0.05, 0) is 69.0 Å². The van der Waals surface area contributed by atoms with E-state index in [4.69, 9.17) is 8.74 Å². The summed E-state index contributed by atoms with van der Waals surface area (Å²) in [5.74, 6) is 1.21. The lowest BCUT2D eigenvalue weighted by Gasteiger charge is -2.40. The van der Waals surface area contributed by atoms with Crippen LogP contribution in [0.15, 0.2) is 11.1 Å². The second kappa shape index (κ2) is 13.2. The maximum atomic E-state index is 11.6. The third-order valence-electron chi connectivity index (χ3n) is 9.24. The Balaban J connectivity index is 1.43. The first-order valence-electron chi connectivity index (χ1n) is 14.3. The van der Waals surface area contributed by atoms with Gasteiger partial charge in [-0.1, -0.05) is 12.8 Å². The summed E-state index contributed by atoms with van der Waals surface area (Å²) in [5, 5.41) is 3.27. The second-order valence-electron chi connectivity index (χ2n) is 11.6. The minimum absolute atomic E-state index is 0.0310. The molecule has 8 unspecified atom stereocenters. The van der Waals surface area contributed by atoms with Gasteiger partial charge in [0.05, 0.1) is 22.6 Å². The highest BCUT2D eigenvalue weighted by Crippen LogP contribution is 2.50. The molecule has 0 spiro atoms. The highest BCUT2D eigenvalue weighted by molar-refractivity contribution is 8.15. The van der Waals surface area contributed by atoms with E-state index in [-0.39, 0.29) is 24.3 Å². The van der Waals surface area contributed by atoms with Gasteiger partial charge in [-0.25, -0.2) is 4.58 Å². The number of carbonyl (C=O) groups is 1. The first-order valence-corrected chi connectivity index (χ1v) is 18.7. The van der Waals surface area contributed by atoms with Gasteiger partial charge in [0, 0.05) is 42.2 Å².